The van der Waals surface area contributed by atoms with Gasteiger partial charge in [-0.25, -0.2) is 0 Å². The van der Waals surface area contributed by atoms with Gasteiger partial charge < -0.3 is 0 Å². The monoisotopic (exact) mass is 258 g/mol. The maximum atomic E-state index is 11.2. The van der Waals surface area contributed by atoms with Crippen molar-refractivity contribution in [3.63, 3.8) is 0 Å². The van der Waals surface area contributed by atoms with E-state index in [1.807, 2.05) is 0 Å². The molecule has 0 aromatic heterocycles. The lowest BCUT2D eigenvalue weighted by atomic mass is 10.4. The Bertz CT molecular complexity index is 395. The summed E-state index contributed by atoms with van der Waals surface area (Å²) in [6.45, 7) is 1.19. The molecule has 1 unspecified atom stereocenters. The van der Waals surface area contributed by atoms with Crippen molar-refractivity contribution in [2.24, 2.45) is 0 Å². The molecular formula is C7H14O6S2. The predicted octanol–water partition coefficient (Wildman–Crippen LogP) is -0.138. The lowest BCUT2D eigenvalue weighted by molar-refractivity contribution is 0.151. The van der Waals surface area contributed by atoms with Crippen LogP contribution in [-0.2, 0) is 28.6 Å². The fourth-order valence-electron chi connectivity index (χ4n) is 1.14. The zero-order chi connectivity index (χ0) is 11.5. The standard InChI is InChI=1S/C7H14O6S2/c1-7-6-12-14(8,9)4-2-3-5-15(10,11)13-7/h7H,2-6H2,1H3. The van der Waals surface area contributed by atoms with Crippen molar-refractivity contribution in [1.82, 2.24) is 0 Å². The zero-order valence-corrected chi connectivity index (χ0v) is 10.0. The van der Waals surface area contributed by atoms with Crippen LogP contribution in [0, 0.1) is 0 Å². The summed E-state index contributed by atoms with van der Waals surface area (Å²) in [5.74, 6) is -0.290. The summed E-state index contributed by atoms with van der Waals surface area (Å²) in [5, 5.41) is 0. The maximum absolute atomic E-state index is 11.2. The molecule has 1 rings (SSSR count). The normalized spacial score (nSPS) is 31.9. The van der Waals surface area contributed by atoms with Gasteiger partial charge in [-0.3, -0.25) is 8.37 Å². The molecular weight excluding hydrogens is 244 g/mol. The highest BCUT2D eigenvalue weighted by atomic mass is 32.2. The molecule has 0 aromatic carbocycles. The van der Waals surface area contributed by atoms with E-state index in [9.17, 15) is 16.8 Å². The van der Waals surface area contributed by atoms with Gasteiger partial charge in [-0.1, -0.05) is 0 Å². The van der Waals surface area contributed by atoms with Crippen LogP contribution in [0.2, 0.25) is 0 Å². The largest absolute Gasteiger partial charge is 0.267 e. The highest BCUT2D eigenvalue weighted by Crippen LogP contribution is 2.10. The Kier molecular flexibility index (Phi) is 4.10. The van der Waals surface area contributed by atoms with E-state index in [1.165, 1.54) is 6.92 Å². The van der Waals surface area contributed by atoms with E-state index >= 15 is 0 Å². The quantitative estimate of drug-likeness (QED) is 0.562. The van der Waals surface area contributed by atoms with Crippen LogP contribution in [0.3, 0.4) is 0 Å². The topological polar surface area (TPSA) is 86.7 Å². The summed E-state index contributed by atoms with van der Waals surface area (Å²) >= 11 is 0. The molecule has 1 fully saturated rings. The van der Waals surface area contributed by atoms with Crippen LogP contribution in [0.5, 0.6) is 0 Å². The Morgan fingerprint density at radius 3 is 2.13 bits per heavy atom. The van der Waals surface area contributed by atoms with Gasteiger partial charge in [0.1, 0.15) is 0 Å². The third kappa shape index (κ3) is 4.92. The molecule has 90 valence electrons. The molecule has 1 aliphatic rings. The van der Waals surface area contributed by atoms with Gasteiger partial charge in [0.05, 0.1) is 24.2 Å². The molecule has 0 aliphatic carbocycles. The lowest BCUT2D eigenvalue weighted by Gasteiger charge is -2.15. The van der Waals surface area contributed by atoms with Crippen molar-refractivity contribution >= 4 is 20.2 Å². The van der Waals surface area contributed by atoms with Gasteiger partial charge in [0, 0.05) is 0 Å². The summed E-state index contributed by atoms with van der Waals surface area (Å²) in [5.41, 5.74) is 0. The number of hydrogen-bond donors (Lipinski definition) is 0. The lowest BCUT2D eigenvalue weighted by Crippen LogP contribution is -2.26. The summed E-state index contributed by atoms with van der Waals surface area (Å²) in [7, 11) is -7.07. The first-order valence-electron chi connectivity index (χ1n) is 4.59. The molecule has 1 saturated heterocycles. The van der Waals surface area contributed by atoms with Crippen molar-refractivity contribution in [2.75, 3.05) is 18.1 Å². The summed E-state index contributed by atoms with van der Waals surface area (Å²) in [4.78, 5) is 0. The fraction of sp³-hybridized carbons (Fsp3) is 1.00. The average molecular weight is 258 g/mol. The van der Waals surface area contributed by atoms with Gasteiger partial charge in [0.2, 0.25) is 0 Å². The number of hydrogen-bond acceptors (Lipinski definition) is 6. The van der Waals surface area contributed by atoms with E-state index in [0.717, 1.165) is 0 Å². The Morgan fingerprint density at radius 2 is 1.53 bits per heavy atom. The van der Waals surface area contributed by atoms with Gasteiger partial charge in [-0.2, -0.15) is 16.8 Å². The smallest absolute Gasteiger partial charge is 0.267 e. The van der Waals surface area contributed by atoms with Crippen LogP contribution in [0.15, 0.2) is 0 Å². The first-order valence-corrected chi connectivity index (χ1v) is 7.74. The molecule has 0 amide bonds. The summed E-state index contributed by atoms with van der Waals surface area (Å²) in [6.07, 6.45) is -0.250. The second kappa shape index (κ2) is 4.77. The first-order chi connectivity index (χ1) is 6.81. The third-order valence-corrected chi connectivity index (χ3v) is 4.53. The molecule has 0 spiro atoms. The number of rotatable bonds is 0. The highest BCUT2D eigenvalue weighted by molar-refractivity contribution is 7.87. The van der Waals surface area contributed by atoms with Crippen LogP contribution in [0.1, 0.15) is 19.8 Å². The Hall–Kier alpha value is -0.180. The van der Waals surface area contributed by atoms with Gasteiger partial charge in [-0.15, -0.1) is 0 Å². The predicted molar refractivity (Wildman–Crippen MR) is 53.3 cm³/mol. The van der Waals surface area contributed by atoms with Crippen LogP contribution in [0.4, 0.5) is 0 Å². The van der Waals surface area contributed by atoms with E-state index in [2.05, 4.69) is 4.18 Å². The van der Waals surface area contributed by atoms with Crippen molar-refractivity contribution in [3.05, 3.63) is 0 Å². The van der Waals surface area contributed by atoms with Gasteiger partial charge >= 0.3 is 0 Å². The van der Waals surface area contributed by atoms with Crippen LogP contribution in [0.25, 0.3) is 0 Å². The van der Waals surface area contributed by atoms with Crippen LogP contribution in [-0.4, -0.2) is 41.1 Å². The molecule has 15 heavy (non-hydrogen) atoms. The van der Waals surface area contributed by atoms with E-state index in [-0.39, 0.29) is 31.0 Å². The van der Waals surface area contributed by atoms with Crippen molar-refractivity contribution < 1.29 is 25.2 Å². The molecule has 1 heterocycles. The van der Waals surface area contributed by atoms with E-state index in [1.54, 1.807) is 0 Å². The second-order valence-electron chi connectivity index (χ2n) is 3.42. The molecule has 0 saturated carbocycles. The minimum atomic E-state index is -3.54. The Labute approximate surface area is 89.8 Å². The van der Waals surface area contributed by atoms with Gasteiger partial charge in [-0.05, 0) is 19.8 Å². The van der Waals surface area contributed by atoms with Gasteiger partial charge in [0.25, 0.3) is 20.2 Å². The van der Waals surface area contributed by atoms with E-state index in [4.69, 9.17) is 4.18 Å². The maximum Gasteiger partial charge on any atom is 0.267 e. The zero-order valence-electron chi connectivity index (χ0n) is 8.38. The molecule has 1 aliphatic heterocycles. The molecule has 0 aromatic rings. The van der Waals surface area contributed by atoms with Gasteiger partial charge in [0.15, 0.2) is 0 Å². The molecule has 0 N–H and O–H groups in total. The minimum absolute atomic E-state index is 0.144. The average Bonchev–Trinajstić information content (AvgIpc) is 2.08. The second-order valence-corrected chi connectivity index (χ2v) is 6.90. The van der Waals surface area contributed by atoms with Crippen LogP contribution < -0.4 is 0 Å². The summed E-state index contributed by atoms with van der Waals surface area (Å²) in [6, 6.07) is 0. The van der Waals surface area contributed by atoms with Crippen molar-refractivity contribution in [1.29, 1.82) is 0 Å². The molecule has 6 nitrogen and oxygen atoms in total. The van der Waals surface area contributed by atoms with Crippen molar-refractivity contribution in [3.8, 4) is 0 Å². The fourth-order valence-corrected chi connectivity index (χ4v) is 3.43. The molecule has 1 atom stereocenters. The molecule has 0 radical (unpaired) electrons. The summed E-state index contributed by atoms with van der Waals surface area (Å²) < 4.78 is 54.1. The minimum Gasteiger partial charge on any atom is -0.267 e. The third-order valence-electron chi connectivity index (χ3n) is 1.83. The Morgan fingerprint density at radius 1 is 1.00 bits per heavy atom. The Balaban J connectivity index is 2.71. The molecule has 8 heteroatoms. The van der Waals surface area contributed by atoms with E-state index < -0.39 is 26.3 Å². The first kappa shape index (κ1) is 12.9. The SMILES string of the molecule is CC1COS(=O)(=O)CCCCS(=O)(=O)O1. The van der Waals surface area contributed by atoms with Crippen molar-refractivity contribution in [2.45, 2.75) is 25.9 Å². The highest BCUT2D eigenvalue weighted by Gasteiger charge is 2.21. The molecule has 0 bridgehead atoms. The van der Waals surface area contributed by atoms with Crippen LogP contribution >= 0.6 is 0 Å². The van der Waals surface area contributed by atoms with E-state index in [0.29, 0.717) is 0 Å².